The summed E-state index contributed by atoms with van der Waals surface area (Å²) in [6.07, 6.45) is 3.05. The summed E-state index contributed by atoms with van der Waals surface area (Å²) in [7, 11) is 1.46. The Kier molecular flexibility index (Phi) is 6.80. The number of halogens is 3. The number of pyridine rings is 1. The fourth-order valence-electron chi connectivity index (χ4n) is 3.11. The molecule has 0 unspecified atom stereocenters. The predicted octanol–water partition coefficient (Wildman–Crippen LogP) is 4.65. The molecule has 0 spiro atoms. The van der Waals surface area contributed by atoms with Crippen molar-refractivity contribution < 1.29 is 14.3 Å². The molecule has 1 aliphatic rings. The molecular weight excluding hydrogens is 469 g/mol. The molecule has 148 valence electrons. The fraction of sp³-hybridized carbons (Fsp3) is 0.316. The molecule has 6 nitrogen and oxygen atoms in total. The monoisotopic (exact) mass is 485 g/mol. The average Bonchev–Trinajstić information content (AvgIpc) is 2.69. The number of hydrogen-bond donors (Lipinski definition) is 1. The van der Waals surface area contributed by atoms with E-state index in [4.69, 9.17) is 27.9 Å². The number of hydrogen-bond acceptors (Lipinski definition) is 4. The Bertz CT molecular complexity index is 869. The molecule has 1 fully saturated rings. The van der Waals surface area contributed by atoms with E-state index in [1.165, 1.54) is 19.2 Å². The number of likely N-dealkylation sites (tertiary alicyclic amines) is 1. The molecule has 1 aromatic heterocycles. The van der Waals surface area contributed by atoms with Crippen molar-refractivity contribution in [2.24, 2.45) is 5.92 Å². The van der Waals surface area contributed by atoms with Crippen LogP contribution in [-0.2, 0) is 4.79 Å². The zero-order chi connectivity index (χ0) is 20.3. The highest BCUT2D eigenvalue weighted by molar-refractivity contribution is 9.10. The third-order valence-electron chi connectivity index (χ3n) is 4.51. The van der Waals surface area contributed by atoms with Crippen LogP contribution in [0.15, 0.2) is 34.9 Å². The summed E-state index contributed by atoms with van der Waals surface area (Å²) in [5.74, 6) is 0.124. The second-order valence-electron chi connectivity index (χ2n) is 6.41. The third kappa shape index (κ3) is 4.77. The van der Waals surface area contributed by atoms with Crippen LogP contribution in [-0.4, -0.2) is 41.9 Å². The van der Waals surface area contributed by atoms with Gasteiger partial charge in [0.05, 0.1) is 23.1 Å². The Morgan fingerprint density at radius 1 is 1.29 bits per heavy atom. The summed E-state index contributed by atoms with van der Waals surface area (Å²) in [6.45, 7) is 0.892. The van der Waals surface area contributed by atoms with Gasteiger partial charge in [-0.3, -0.25) is 9.59 Å². The van der Waals surface area contributed by atoms with E-state index in [2.05, 4.69) is 26.2 Å². The summed E-state index contributed by atoms with van der Waals surface area (Å²) in [5.41, 5.74) is 0.367. The maximum Gasteiger partial charge on any atom is 0.253 e. The van der Waals surface area contributed by atoms with E-state index in [1.54, 1.807) is 23.2 Å². The number of aromatic nitrogens is 1. The summed E-state index contributed by atoms with van der Waals surface area (Å²) in [6, 6.07) is 6.58. The first-order valence-corrected chi connectivity index (χ1v) is 10.2. The summed E-state index contributed by atoms with van der Waals surface area (Å²) >= 11 is 15.6. The minimum Gasteiger partial charge on any atom is -0.494 e. The van der Waals surface area contributed by atoms with E-state index in [0.717, 1.165) is 10.9 Å². The molecule has 2 heterocycles. The number of piperidine rings is 1. The zero-order valence-corrected chi connectivity index (χ0v) is 18.1. The standard InChI is InChI=1S/C19H18BrCl2N3O3/c1-28-17-14(21)7-12(8-15(17)22)19(27)25-6-2-3-11(10-25)18(26)24-16-5-4-13(20)9-23-16/h4-5,7-9,11H,2-3,6,10H2,1H3,(H,23,24,26)/t11-/m0/s1. The lowest BCUT2D eigenvalue weighted by molar-refractivity contribution is -0.121. The van der Waals surface area contributed by atoms with Crippen molar-refractivity contribution in [2.45, 2.75) is 12.8 Å². The maximum atomic E-state index is 12.9. The van der Waals surface area contributed by atoms with Crippen molar-refractivity contribution in [3.8, 4) is 5.75 Å². The minimum absolute atomic E-state index is 0.155. The molecule has 0 aliphatic carbocycles. The fourth-order valence-corrected chi connectivity index (χ4v) is 3.99. The molecule has 28 heavy (non-hydrogen) atoms. The van der Waals surface area contributed by atoms with Gasteiger partial charge in [0.25, 0.3) is 5.91 Å². The Balaban J connectivity index is 1.69. The van der Waals surface area contributed by atoms with Crippen molar-refractivity contribution in [3.63, 3.8) is 0 Å². The van der Waals surface area contributed by atoms with Gasteiger partial charge in [0.2, 0.25) is 5.91 Å². The molecule has 9 heteroatoms. The van der Waals surface area contributed by atoms with E-state index >= 15 is 0 Å². The number of amides is 2. The van der Waals surface area contributed by atoms with E-state index in [0.29, 0.717) is 36.6 Å². The average molecular weight is 487 g/mol. The second kappa shape index (κ2) is 9.11. The predicted molar refractivity (Wildman–Crippen MR) is 112 cm³/mol. The summed E-state index contributed by atoms with van der Waals surface area (Å²) < 4.78 is 5.95. The van der Waals surface area contributed by atoms with Crippen molar-refractivity contribution >= 4 is 56.8 Å². The number of ether oxygens (including phenoxy) is 1. The van der Waals surface area contributed by atoms with Gasteiger partial charge in [-0.15, -0.1) is 0 Å². The Morgan fingerprint density at radius 2 is 2.00 bits per heavy atom. The highest BCUT2D eigenvalue weighted by Gasteiger charge is 2.29. The maximum absolute atomic E-state index is 12.9. The lowest BCUT2D eigenvalue weighted by Crippen LogP contribution is -2.43. The van der Waals surface area contributed by atoms with Crippen LogP contribution in [0, 0.1) is 5.92 Å². The summed E-state index contributed by atoms with van der Waals surface area (Å²) in [5, 5.41) is 3.34. The number of nitrogens with zero attached hydrogens (tertiary/aromatic N) is 2. The molecule has 2 aromatic rings. The number of benzene rings is 1. The first kappa shape index (κ1) is 20.9. The number of carbonyl (C=O) groups excluding carboxylic acids is 2. The van der Waals surface area contributed by atoms with Crippen LogP contribution < -0.4 is 10.1 Å². The van der Waals surface area contributed by atoms with Crippen molar-refractivity contribution in [3.05, 3.63) is 50.5 Å². The van der Waals surface area contributed by atoms with Crippen LogP contribution in [0.1, 0.15) is 23.2 Å². The number of nitrogens with one attached hydrogen (secondary N) is 1. The van der Waals surface area contributed by atoms with Gasteiger partial charge in [-0.2, -0.15) is 0 Å². The summed E-state index contributed by atoms with van der Waals surface area (Å²) in [4.78, 5) is 31.3. The van der Waals surface area contributed by atoms with Gasteiger partial charge < -0.3 is 15.0 Å². The molecule has 1 atom stereocenters. The first-order chi connectivity index (χ1) is 13.4. The quantitative estimate of drug-likeness (QED) is 0.682. The molecule has 1 saturated heterocycles. The van der Waals surface area contributed by atoms with Gasteiger partial charge in [-0.05, 0) is 53.0 Å². The normalized spacial score (nSPS) is 16.6. The minimum atomic E-state index is -0.313. The van der Waals surface area contributed by atoms with Gasteiger partial charge >= 0.3 is 0 Å². The van der Waals surface area contributed by atoms with Gasteiger partial charge in [0.1, 0.15) is 5.82 Å². The van der Waals surface area contributed by atoms with Crippen molar-refractivity contribution in [1.29, 1.82) is 0 Å². The molecule has 0 saturated carbocycles. The molecule has 1 aromatic carbocycles. The number of anilines is 1. The van der Waals surface area contributed by atoms with E-state index < -0.39 is 0 Å². The second-order valence-corrected chi connectivity index (χ2v) is 8.14. The van der Waals surface area contributed by atoms with Crippen LogP contribution in [0.4, 0.5) is 5.82 Å². The van der Waals surface area contributed by atoms with Crippen LogP contribution in [0.5, 0.6) is 5.75 Å². The van der Waals surface area contributed by atoms with Gasteiger partial charge in [0.15, 0.2) is 5.75 Å². The Hall–Kier alpha value is -1.83. The third-order valence-corrected chi connectivity index (χ3v) is 5.54. The van der Waals surface area contributed by atoms with Crippen LogP contribution in [0.2, 0.25) is 10.0 Å². The van der Waals surface area contributed by atoms with Crippen LogP contribution >= 0.6 is 39.1 Å². The molecule has 1 aliphatic heterocycles. The van der Waals surface area contributed by atoms with E-state index in [9.17, 15) is 9.59 Å². The van der Waals surface area contributed by atoms with Crippen molar-refractivity contribution in [1.82, 2.24) is 9.88 Å². The topological polar surface area (TPSA) is 71.5 Å². The zero-order valence-electron chi connectivity index (χ0n) is 15.0. The van der Waals surface area contributed by atoms with Crippen LogP contribution in [0.25, 0.3) is 0 Å². The van der Waals surface area contributed by atoms with Gasteiger partial charge in [-0.25, -0.2) is 4.98 Å². The van der Waals surface area contributed by atoms with Crippen molar-refractivity contribution in [2.75, 3.05) is 25.5 Å². The van der Waals surface area contributed by atoms with Gasteiger partial charge in [0, 0.05) is 29.3 Å². The van der Waals surface area contributed by atoms with Gasteiger partial charge in [-0.1, -0.05) is 23.2 Å². The molecule has 2 amide bonds. The lowest BCUT2D eigenvalue weighted by atomic mass is 9.96. The Labute approximate surface area is 181 Å². The van der Waals surface area contributed by atoms with Crippen LogP contribution in [0.3, 0.4) is 0 Å². The van der Waals surface area contributed by atoms with E-state index in [-0.39, 0.29) is 27.8 Å². The Morgan fingerprint density at radius 3 is 2.61 bits per heavy atom. The SMILES string of the molecule is COc1c(Cl)cc(C(=O)N2CCC[C@H](C(=O)Nc3ccc(Br)cn3)C2)cc1Cl. The number of rotatable bonds is 4. The molecular formula is C19H18BrCl2N3O3. The molecule has 0 bridgehead atoms. The number of methoxy groups -OCH3 is 1. The molecule has 3 rings (SSSR count). The lowest BCUT2D eigenvalue weighted by Gasteiger charge is -2.32. The first-order valence-electron chi connectivity index (χ1n) is 8.63. The molecule has 0 radical (unpaired) electrons. The molecule has 1 N–H and O–H groups in total. The smallest absolute Gasteiger partial charge is 0.253 e. The van der Waals surface area contributed by atoms with E-state index in [1.807, 2.05) is 0 Å². The largest absolute Gasteiger partial charge is 0.494 e. The highest BCUT2D eigenvalue weighted by Crippen LogP contribution is 2.34. The number of carbonyl (C=O) groups is 2. The highest BCUT2D eigenvalue weighted by atomic mass is 79.9.